The highest BCUT2D eigenvalue weighted by Crippen LogP contribution is 2.32. The molecule has 0 heterocycles. The summed E-state index contributed by atoms with van der Waals surface area (Å²) in [7, 11) is 0. The molecule has 0 saturated heterocycles. The van der Waals surface area contributed by atoms with Crippen molar-refractivity contribution in [1.82, 2.24) is 4.72 Å². The molecule has 1 rings (SSSR count). The quantitative estimate of drug-likeness (QED) is 0.596. The number of halogens is 4. The van der Waals surface area contributed by atoms with E-state index in [9.17, 15) is 17.6 Å². The smallest absolute Gasteiger partial charge is 0.260 e. The maximum atomic E-state index is 13.1. The van der Waals surface area contributed by atoms with Crippen molar-refractivity contribution in [2.45, 2.75) is 19.1 Å². The summed E-state index contributed by atoms with van der Waals surface area (Å²) >= 11 is 3.75. The minimum absolute atomic E-state index is 0.315. The van der Waals surface area contributed by atoms with Gasteiger partial charge in [-0.25, -0.2) is 4.39 Å². The van der Waals surface area contributed by atoms with E-state index < -0.39 is 17.6 Å². The Morgan fingerprint density at radius 3 is 2.33 bits per heavy atom. The van der Waals surface area contributed by atoms with E-state index in [0.717, 1.165) is 12.1 Å². The van der Waals surface area contributed by atoms with Gasteiger partial charge in [-0.2, -0.15) is 13.2 Å². The van der Waals surface area contributed by atoms with Crippen LogP contribution < -0.4 is 4.72 Å². The van der Waals surface area contributed by atoms with Crippen LogP contribution in [0.25, 0.3) is 0 Å². The van der Waals surface area contributed by atoms with Crippen LogP contribution in [0, 0.1) is 5.82 Å². The maximum absolute atomic E-state index is 13.1. The first-order chi connectivity index (χ1) is 6.86. The Balaban J connectivity index is 3.09. The standard InChI is InChI=1S/C9H9F4NS/c1-5(14-15)6-2-3-7(8(10)4-6)9(11,12)13/h2-5,14-15H,1H3/t5-/m0/s1. The van der Waals surface area contributed by atoms with Crippen molar-refractivity contribution in [3.8, 4) is 0 Å². The number of alkyl halides is 3. The third kappa shape index (κ3) is 2.85. The molecule has 6 heteroatoms. The maximum Gasteiger partial charge on any atom is 0.419 e. The van der Waals surface area contributed by atoms with Crippen LogP contribution in [0.1, 0.15) is 24.1 Å². The highest BCUT2D eigenvalue weighted by atomic mass is 32.1. The van der Waals surface area contributed by atoms with E-state index in [1.807, 2.05) is 0 Å². The SMILES string of the molecule is C[C@H](NS)c1ccc(C(F)(F)F)c(F)c1. The molecule has 0 aromatic heterocycles. The Morgan fingerprint density at radius 1 is 1.33 bits per heavy atom. The molecule has 0 aliphatic heterocycles. The zero-order chi connectivity index (χ0) is 11.6. The third-order valence-corrected chi connectivity index (χ3v) is 2.38. The van der Waals surface area contributed by atoms with Gasteiger partial charge < -0.3 is 0 Å². The highest BCUT2D eigenvalue weighted by Gasteiger charge is 2.34. The molecule has 0 spiro atoms. The van der Waals surface area contributed by atoms with E-state index in [-0.39, 0.29) is 6.04 Å². The summed E-state index contributed by atoms with van der Waals surface area (Å²) in [6, 6.07) is 2.49. The van der Waals surface area contributed by atoms with Gasteiger partial charge in [0.25, 0.3) is 0 Å². The Morgan fingerprint density at radius 2 is 1.93 bits per heavy atom. The topological polar surface area (TPSA) is 12.0 Å². The van der Waals surface area contributed by atoms with Crippen molar-refractivity contribution < 1.29 is 17.6 Å². The van der Waals surface area contributed by atoms with Crippen LogP contribution in [-0.4, -0.2) is 0 Å². The van der Waals surface area contributed by atoms with Gasteiger partial charge in [0.2, 0.25) is 0 Å². The number of benzene rings is 1. The molecule has 1 atom stereocenters. The van der Waals surface area contributed by atoms with Gasteiger partial charge in [-0.05, 0) is 24.6 Å². The van der Waals surface area contributed by atoms with Gasteiger partial charge in [-0.3, -0.25) is 4.72 Å². The van der Waals surface area contributed by atoms with E-state index in [1.165, 1.54) is 6.07 Å². The van der Waals surface area contributed by atoms with Crippen LogP contribution in [0.5, 0.6) is 0 Å². The summed E-state index contributed by atoms with van der Waals surface area (Å²) < 4.78 is 52.2. The van der Waals surface area contributed by atoms with Crippen LogP contribution in [0.15, 0.2) is 18.2 Å². The van der Waals surface area contributed by atoms with E-state index in [4.69, 9.17) is 0 Å². The fourth-order valence-electron chi connectivity index (χ4n) is 1.11. The summed E-state index contributed by atoms with van der Waals surface area (Å²) in [4.78, 5) is 0. The predicted octanol–water partition coefficient (Wildman–Crippen LogP) is 3.34. The Kier molecular flexibility index (Phi) is 3.62. The van der Waals surface area contributed by atoms with E-state index >= 15 is 0 Å². The Hall–Kier alpha value is -0.750. The van der Waals surface area contributed by atoms with Crippen LogP contribution in [0.4, 0.5) is 17.6 Å². The molecular formula is C9H9F4NS. The zero-order valence-corrected chi connectivity index (χ0v) is 8.66. The molecule has 0 fully saturated rings. The second-order valence-electron chi connectivity index (χ2n) is 3.09. The van der Waals surface area contributed by atoms with Crippen molar-refractivity contribution in [3.05, 3.63) is 35.1 Å². The van der Waals surface area contributed by atoms with Crippen LogP contribution in [0.3, 0.4) is 0 Å². The van der Waals surface area contributed by atoms with Crippen molar-refractivity contribution in [1.29, 1.82) is 0 Å². The second kappa shape index (κ2) is 4.40. The molecule has 0 amide bonds. The Labute approximate surface area is 90.0 Å². The lowest BCUT2D eigenvalue weighted by molar-refractivity contribution is -0.140. The molecule has 0 bridgehead atoms. The molecule has 0 aliphatic carbocycles. The first kappa shape index (κ1) is 12.3. The van der Waals surface area contributed by atoms with Crippen molar-refractivity contribution in [2.24, 2.45) is 0 Å². The van der Waals surface area contributed by atoms with Crippen molar-refractivity contribution in [3.63, 3.8) is 0 Å². The molecular weight excluding hydrogens is 230 g/mol. The molecule has 0 unspecified atom stereocenters. The molecule has 1 N–H and O–H groups in total. The van der Waals surface area contributed by atoms with Gasteiger partial charge >= 0.3 is 6.18 Å². The minimum Gasteiger partial charge on any atom is -0.260 e. The zero-order valence-electron chi connectivity index (χ0n) is 7.77. The van der Waals surface area contributed by atoms with Gasteiger partial charge in [-0.1, -0.05) is 18.9 Å². The van der Waals surface area contributed by atoms with E-state index in [1.54, 1.807) is 6.92 Å². The molecule has 15 heavy (non-hydrogen) atoms. The summed E-state index contributed by atoms with van der Waals surface area (Å²) in [5.74, 6) is -1.27. The summed E-state index contributed by atoms with van der Waals surface area (Å²) in [6.07, 6.45) is -4.65. The fourth-order valence-corrected chi connectivity index (χ4v) is 1.25. The summed E-state index contributed by atoms with van der Waals surface area (Å²) in [6.45, 7) is 1.66. The lowest BCUT2D eigenvalue weighted by atomic mass is 10.1. The molecule has 0 radical (unpaired) electrons. The van der Waals surface area contributed by atoms with Gasteiger partial charge in [0.1, 0.15) is 5.82 Å². The number of nitrogens with one attached hydrogen (secondary N) is 1. The number of rotatable bonds is 2. The number of thiol groups is 1. The monoisotopic (exact) mass is 239 g/mol. The average molecular weight is 239 g/mol. The summed E-state index contributed by atoms with van der Waals surface area (Å²) in [5.41, 5.74) is -0.840. The molecule has 0 saturated carbocycles. The predicted molar refractivity (Wildman–Crippen MR) is 51.9 cm³/mol. The van der Waals surface area contributed by atoms with Crippen LogP contribution in [0.2, 0.25) is 0 Å². The van der Waals surface area contributed by atoms with Gasteiger partial charge in [0.15, 0.2) is 0 Å². The van der Waals surface area contributed by atoms with Crippen molar-refractivity contribution in [2.75, 3.05) is 0 Å². The summed E-state index contributed by atoms with van der Waals surface area (Å²) in [5, 5.41) is 0. The highest BCUT2D eigenvalue weighted by molar-refractivity contribution is 7.78. The molecule has 1 aromatic rings. The Bertz CT molecular complexity index is 350. The first-order valence-corrected chi connectivity index (χ1v) is 4.57. The molecule has 0 aliphatic rings. The molecule has 84 valence electrons. The first-order valence-electron chi connectivity index (χ1n) is 4.12. The molecule has 1 aromatic carbocycles. The lowest BCUT2D eigenvalue weighted by Crippen LogP contribution is -2.11. The van der Waals surface area contributed by atoms with E-state index in [2.05, 4.69) is 17.5 Å². The van der Waals surface area contributed by atoms with Crippen LogP contribution in [-0.2, 0) is 6.18 Å². The second-order valence-corrected chi connectivity index (χ2v) is 3.35. The van der Waals surface area contributed by atoms with E-state index in [0.29, 0.717) is 5.56 Å². The van der Waals surface area contributed by atoms with Crippen LogP contribution >= 0.6 is 12.8 Å². The van der Waals surface area contributed by atoms with Gasteiger partial charge in [0, 0.05) is 6.04 Å². The normalized spacial score (nSPS) is 14.0. The largest absolute Gasteiger partial charge is 0.419 e. The average Bonchev–Trinajstić information content (AvgIpc) is 2.14. The third-order valence-electron chi connectivity index (χ3n) is 1.99. The van der Waals surface area contributed by atoms with Gasteiger partial charge in [-0.15, -0.1) is 0 Å². The lowest BCUT2D eigenvalue weighted by Gasteiger charge is -2.12. The fraction of sp³-hybridized carbons (Fsp3) is 0.333. The minimum atomic E-state index is -4.65. The van der Waals surface area contributed by atoms with Gasteiger partial charge in [0.05, 0.1) is 5.56 Å². The number of hydrogen-bond donors (Lipinski definition) is 2. The molecule has 1 nitrogen and oxygen atoms in total. The number of hydrogen-bond acceptors (Lipinski definition) is 2. The van der Waals surface area contributed by atoms with Crippen molar-refractivity contribution >= 4 is 12.8 Å².